The lowest BCUT2D eigenvalue weighted by Gasteiger charge is -2.36. The molecule has 0 unspecified atom stereocenters. The van der Waals surface area contributed by atoms with E-state index in [0.29, 0.717) is 31.9 Å². The van der Waals surface area contributed by atoms with E-state index < -0.39 is 18.1 Å². The number of hydrogen-bond acceptors (Lipinski definition) is 4. The maximum Gasteiger partial charge on any atom is 0.573 e. The number of alkyl halides is 3. The van der Waals surface area contributed by atoms with Crippen molar-refractivity contribution < 1.29 is 27.8 Å². The van der Waals surface area contributed by atoms with Crippen LogP contribution in [0.3, 0.4) is 0 Å². The molecule has 1 aliphatic heterocycles. The fourth-order valence-electron chi connectivity index (χ4n) is 2.86. The largest absolute Gasteiger partial charge is 0.573 e. The molecule has 1 fully saturated rings. The topological polar surface area (TPSA) is 65.0 Å². The molecule has 0 aromatic heterocycles. The van der Waals surface area contributed by atoms with Crippen molar-refractivity contribution in [1.29, 1.82) is 0 Å². The van der Waals surface area contributed by atoms with Crippen LogP contribution in [0.25, 0.3) is 0 Å². The van der Waals surface area contributed by atoms with Crippen LogP contribution in [0.5, 0.6) is 11.5 Å². The third-order valence-electron chi connectivity index (χ3n) is 4.11. The van der Waals surface area contributed by atoms with Gasteiger partial charge >= 0.3 is 12.4 Å². The molecule has 1 aliphatic rings. The van der Waals surface area contributed by atoms with Gasteiger partial charge in [0.1, 0.15) is 11.5 Å². The highest BCUT2D eigenvalue weighted by Gasteiger charge is 2.31. The summed E-state index contributed by atoms with van der Waals surface area (Å²) in [5.41, 5.74) is 0.916. The molecule has 2 aromatic carbocycles. The lowest BCUT2D eigenvalue weighted by atomic mass is 10.2. The molecule has 0 aliphatic carbocycles. The van der Waals surface area contributed by atoms with Crippen LogP contribution >= 0.6 is 0 Å². The number of ether oxygens (including phenoxy) is 1. The van der Waals surface area contributed by atoms with Crippen LogP contribution in [0, 0.1) is 0 Å². The Balaban J connectivity index is 1.57. The zero-order chi connectivity index (χ0) is 19.4. The number of piperazine rings is 1. The molecule has 0 bridgehead atoms. The predicted molar refractivity (Wildman–Crippen MR) is 94.0 cm³/mol. The highest BCUT2D eigenvalue weighted by Crippen LogP contribution is 2.28. The zero-order valence-electron chi connectivity index (χ0n) is 14.2. The summed E-state index contributed by atoms with van der Waals surface area (Å²) >= 11 is 0. The van der Waals surface area contributed by atoms with Crippen LogP contribution < -0.4 is 15.0 Å². The summed E-state index contributed by atoms with van der Waals surface area (Å²) in [4.78, 5) is 15.9. The minimum atomic E-state index is -4.79. The van der Waals surface area contributed by atoms with Crippen molar-refractivity contribution in [1.82, 2.24) is 4.90 Å². The minimum Gasteiger partial charge on any atom is -0.506 e. The van der Waals surface area contributed by atoms with E-state index in [1.54, 1.807) is 23.1 Å². The predicted octanol–water partition coefficient (Wildman–Crippen LogP) is 3.64. The van der Waals surface area contributed by atoms with Gasteiger partial charge in [0.05, 0.1) is 5.69 Å². The third kappa shape index (κ3) is 4.96. The summed E-state index contributed by atoms with van der Waals surface area (Å²) in [5.74, 6) is -0.221. The number of hydrogen-bond donors (Lipinski definition) is 2. The van der Waals surface area contributed by atoms with E-state index in [2.05, 4.69) is 10.1 Å². The van der Waals surface area contributed by atoms with E-state index in [4.69, 9.17) is 0 Å². The van der Waals surface area contributed by atoms with Crippen LogP contribution in [0.2, 0.25) is 0 Å². The van der Waals surface area contributed by atoms with Gasteiger partial charge in [-0.15, -0.1) is 13.2 Å². The molecule has 0 radical (unpaired) electrons. The molecule has 9 heteroatoms. The van der Waals surface area contributed by atoms with Gasteiger partial charge in [-0.3, -0.25) is 0 Å². The Morgan fingerprint density at radius 2 is 1.74 bits per heavy atom. The van der Waals surface area contributed by atoms with Crippen molar-refractivity contribution in [2.45, 2.75) is 6.36 Å². The minimum absolute atomic E-state index is 0.178. The van der Waals surface area contributed by atoms with Crippen LogP contribution in [0.15, 0.2) is 48.5 Å². The molecule has 2 N–H and O–H groups in total. The molecule has 3 rings (SSSR count). The van der Waals surface area contributed by atoms with Gasteiger partial charge in [0.25, 0.3) is 0 Å². The summed E-state index contributed by atoms with van der Waals surface area (Å²) in [7, 11) is 0. The Labute approximate surface area is 153 Å². The van der Waals surface area contributed by atoms with Gasteiger partial charge in [0.2, 0.25) is 0 Å². The van der Waals surface area contributed by atoms with Crippen LogP contribution in [-0.2, 0) is 0 Å². The van der Waals surface area contributed by atoms with Crippen LogP contribution in [0.4, 0.5) is 29.3 Å². The summed E-state index contributed by atoms with van der Waals surface area (Å²) in [5, 5.41) is 12.5. The van der Waals surface area contributed by atoms with E-state index in [9.17, 15) is 23.1 Å². The first-order valence-electron chi connectivity index (χ1n) is 8.26. The van der Waals surface area contributed by atoms with Gasteiger partial charge in [-0.05, 0) is 24.3 Å². The molecule has 0 atom stereocenters. The third-order valence-corrected chi connectivity index (χ3v) is 4.11. The summed E-state index contributed by atoms with van der Waals surface area (Å²) < 4.78 is 40.7. The SMILES string of the molecule is O=C(Nc1cccc(OC(F)(F)F)c1)N1CCN(c2ccccc2O)CC1. The summed E-state index contributed by atoms with van der Waals surface area (Å²) in [6, 6.07) is 11.7. The van der Waals surface area contributed by atoms with Crippen molar-refractivity contribution in [2.24, 2.45) is 0 Å². The molecule has 0 spiro atoms. The zero-order valence-corrected chi connectivity index (χ0v) is 14.2. The molecule has 0 saturated carbocycles. The Hall–Kier alpha value is -3.10. The molecule has 2 amide bonds. The second-order valence-corrected chi connectivity index (χ2v) is 5.97. The van der Waals surface area contributed by atoms with E-state index in [0.717, 1.165) is 12.1 Å². The quantitative estimate of drug-likeness (QED) is 0.852. The van der Waals surface area contributed by atoms with Crippen molar-refractivity contribution in [3.8, 4) is 11.5 Å². The average Bonchev–Trinajstić information content (AvgIpc) is 2.61. The van der Waals surface area contributed by atoms with Gasteiger partial charge in [0.15, 0.2) is 0 Å². The van der Waals surface area contributed by atoms with E-state index in [1.807, 2.05) is 11.0 Å². The molecule has 1 heterocycles. The molecular formula is C18H18F3N3O3. The van der Waals surface area contributed by atoms with Crippen molar-refractivity contribution >= 4 is 17.4 Å². The number of anilines is 2. The number of aromatic hydroxyl groups is 1. The molecule has 27 heavy (non-hydrogen) atoms. The normalized spacial score (nSPS) is 14.8. The average molecular weight is 381 g/mol. The van der Waals surface area contributed by atoms with E-state index in [1.165, 1.54) is 12.1 Å². The fourth-order valence-corrected chi connectivity index (χ4v) is 2.86. The lowest BCUT2D eigenvalue weighted by Crippen LogP contribution is -2.50. The highest BCUT2D eigenvalue weighted by molar-refractivity contribution is 5.89. The van der Waals surface area contributed by atoms with Crippen LogP contribution in [0.1, 0.15) is 0 Å². The van der Waals surface area contributed by atoms with Crippen LogP contribution in [-0.4, -0.2) is 48.6 Å². The molecular weight excluding hydrogens is 363 g/mol. The van der Waals surface area contributed by atoms with Gasteiger partial charge < -0.3 is 25.0 Å². The Morgan fingerprint density at radius 3 is 2.41 bits per heavy atom. The van der Waals surface area contributed by atoms with Crippen molar-refractivity contribution in [3.63, 3.8) is 0 Å². The fraction of sp³-hybridized carbons (Fsp3) is 0.278. The first kappa shape index (κ1) is 18.7. The van der Waals surface area contributed by atoms with Gasteiger partial charge in [0, 0.05) is 37.9 Å². The first-order valence-corrected chi connectivity index (χ1v) is 8.26. The maximum absolute atomic E-state index is 12.4. The van der Waals surface area contributed by atoms with Gasteiger partial charge in [-0.1, -0.05) is 18.2 Å². The second kappa shape index (κ2) is 7.65. The summed E-state index contributed by atoms with van der Waals surface area (Å²) in [6.07, 6.45) is -4.79. The number of benzene rings is 2. The van der Waals surface area contributed by atoms with E-state index in [-0.39, 0.29) is 11.4 Å². The number of phenolic OH excluding ortho intramolecular Hbond substituents is 1. The number of para-hydroxylation sites is 2. The Kier molecular flexibility index (Phi) is 5.29. The monoisotopic (exact) mass is 381 g/mol. The number of nitrogens with one attached hydrogen (secondary N) is 1. The Bertz CT molecular complexity index is 806. The Morgan fingerprint density at radius 1 is 1.04 bits per heavy atom. The number of phenols is 1. The summed E-state index contributed by atoms with van der Waals surface area (Å²) in [6.45, 7) is 1.89. The molecule has 6 nitrogen and oxygen atoms in total. The number of urea groups is 1. The molecule has 2 aromatic rings. The first-order chi connectivity index (χ1) is 12.8. The van der Waals surface area contributed by atoms with E-state index >= 15 is 0 Å². The lowest BCUT2D eigenvalue weighted by molar-refractivity contribution is -0.274. The molecule has 1 saturated heterocycles. The second-order valence-electron chi connectivity index (χ2n) is 5.97. The van der Waals surface area contributed by atoms with Gasteiger partial charge in [-0.25, -0.2) is 4.79 Å². The maximum atomic E-state index is 12.4. The van der Waals surface area contributed by atoms with Crippen molar-refractivity contribution in [3.05, 3.63) is 48.5 Å². The van der Waals surface area contributed by atoms with Crippen molar-refractivity contribution in [2.75, 3.05) is 36.4 Å². The number of carbonyl (C=O) groups is 1. The number of amides is 2. The van der Waals surface area contributed by atoms with Gasteiger partial charge in [-0.2, -0.15) is 0 Å². The molecule has 144 valence electrons. The number of rotatable bonds is 3. The smallest absolute Gasteiger partial charge is 0.506 e. The number of halogens is 3. The number of nitrogens with zero attached hydrogens (tertiary/aromatic N) is 2. The number of carbonyl (C=O) groups excluding carboxylic acids is 1. The standard InChI is InChI=1S/C18H18F3N3O3/c19-18(20,21)27-14-5-3-4-13(12-14)22-17(26)24-10-8-23(9-11-24)15-6-1-2-7-16(15)25/h1-7,12,25H,8-11H2,(H,22,26). The highest BCUT2D eigenvalue weighted by atomic mass is 19.4.